The molecule has 0 spiro atoms. The lowest BCUT2D eigenvalue weighted by Gasteiger charge is -2.33. The van der Waals surface area contributed by atoms with Gasteiger partial charge in [-0.2, -0.15) is 0 Å². The van der Waals surface area contributed by atoms with Gasteiger partial charge >= 0.3 is 12.6 Å². The lowest BCUT2D eigenvalue weighted by atomic mass is 9.99. The third kappa shape index (κ3) is 6.85. The van der Waals surface area contributed by atoms with Crippen LogP contribution in [0.25, 0.3) is 11.2 Å². The molecule has 230 valence electrons. The minimum atomic E-state index is -3.53. The first-order valence-electron chi connectivity index (χ1n) is 13.2. The summed E-state index contributed by atoms with van der Waals surface area (Å²) in [7, 11) is 3.62. The Morgan fingerprint density at radius 3 is 2.62 bits per heavy atom. The highest BCUT2D eigenvalue weighted by atomic mass is 35.5. The number of ether oxygens (including phenoxy) is 2. The van der Waals surface area contributed by atoms with Crippen molar-refractivity contribution in [2.75, 3.05) is 31.5 Å². The summed E-state index contributed by atoms with van der Waals surface area (Å²) >= 11 is 12.1. The van der Waals surface area contributed by atoms with Gasteiger partial charge in [-0.1, -0.05) is 18.2 Å². The zero-order valence-corrected chi connectivity index (χ0v) is 26.6. The second kappa shape index (κ2) is 13.0. The Balaban J connectivity index is 1.62. The number of nitrogens with one attached hydrogen (secondary N) is 1. The van der Waals surface area contributed by atoms with Crippen molar-refractivity contribution in [3.05, 3.63) is 42.5 Å². The van der Waals surface area contributed by atoms with E-state index in [4.69, 9.17) is 41.9 Å². The lowest BCUT2D eigenvalue weighted by molar-refractivity contribution is -0.149. The van der Waals surface area contributed by atoms with Crippen LogP contribution < -0.4 is 14.5 Å². The first-order chi connectivity index (χ1) is 19.8. The average Bonchev–Trinajstić information content (AvgIpc) is 3.45. The van der Waals surface area contributed by atoms with Crippen molar-refractivity contribution >= 4 is 53.0 Å². The largest absolute Gasteiger partial charge is 0.462 e. The highest BCUT2D eigenvalue weighted by molar-refractivity contribution is 8.09. The van der Waals surface area contributed by atoms with Crippen LogP contribution in [-0.2, 0) is 30.6 Å². The molecule has 0 bridgehead atoms. The van der Waals surface area contributed by atoms with E-state index in [2.05, 4.69) is 20.0 Å². The number of rotatable bonds is 12. The molecule has 0 amide bonds. The fourth-order valence-electron chi connectivity index (χ4n) is 4.33. The van der Waals surface area contributed by atoms with Crippen molar-refractivity contribution < 1.29 is 32.8 Å². The number of aryl methyl sites for hydroxylation is 1. The fraction of sp³-hybridized carbons (Fsp3) is 0.538. The highest BCUT2D eigenvalue weighted by Gasteiger charge is 2.57. The maximum absolute atomic E-state index is 15.8. The Kier molecular flexibility index (Phi) is 10.1. The number of hydrogen-bond acceptors (Lipinski definition) is 11. The van der Waals surface area contributed by atoms with Gasteiger partial charge in [-0.15, -0.1) is 11.6 Å². The minimum Gasteiger partial charge on any atom is -0.462 e. The molecule has 3 aromatic rings. The molecule has 1 aromatic carbocycles. The van der Waals surface area contributed by atoms with Gasteiger partial charge in [0.15, 0.2) is 29.4 Å². The van der Waals surface area contributed by atoms with Gasteiger partial charge in [0.05, 0.1) is 24.9 Å². The number of imidazole rings is 1. The number of hydrogen-bond donors (Lipinski definition) is 2. The van der Waals surface area contributed by atoms with Crippen molar-refractivity contribution in [1.29, 1.82) is 0 Å². The van der Waals surface area contributed by atoms with Crippen molar-refractivity contribution in [1.82, 2.24) is 24.6 Å². The number of aliphatic hydroxyl groups is 1. The van der Waals surface area contributed by atoms with Gasteiger partial charge in [0.1, 0.15) is 29.3 Å². The number of anilines is 1. The first kappa shape index (κ1) is 32.5. The monoisotopic (exact) mass is 644 g/mol. The summed E-state index contributed by atoms with van der Waals surface area (Å²) < 4.78 is 40.7. The minimum absolute atomic E-state index is 0.328. The summed E-state index contributed by atoms with van der Waals surface area (Å²) in [5.41, 5.74) is -0.968. The number of nitrogens with zero attached hydrogens (tertiary/aromatic N) is 5. The Hall–Kier alpha value is -2.45. The number of fused-ring (bicyclic) bond motifs is 1. The fourth-order valence-corrected chi connectivity index (χ4v) is 7.07. The number of aliphatic hydroxyl groups excluding tert-OH is 1. The van der Waals surface area contributed by atoms with Crippen molar-refractivity contribution in [3.63, 3.8) is 0 Å². The normalized spacial score (nSPS) is 24.5. The molecule has 0 aliphatic carbocycles. The van der Waals surface area contributed by atoms with Crippen LogP contribution in [0.5, 0.6) is 5.75 Å². The predicted octanol–water partition coefficient (Wildman–Crippen LogP) is 3.66. The molecule has 16 heteroatoms. The number of benzene rings is 1. The molecular weight excluding hydrogens is 610 g/mol. The molecule has 1 saturated heterocycles. The van der Waals surface area contributed by atoms with Gasteiger partial charge in [0.2, 0.25) is 0 Å². The van der Waals surface area contributed by atoms with Crippen LogP contribution in [0.1, 0.15) is 32.8 Å². The second-order valence-electron chi connectivity index (χ2n) is 10.4. The van der Waals surface area contributed by atoms with E-state index in [1.807, 2.05) is 14.1 Å². The molecule has 2 N–H and O–H groups in total. The van der Waals surface area contributed by atoms with E-state index >= 15 is 4.39 Å². The molecule has 2 aromatic heterocycles. The molecular formula is C26H35ClFN6O6PS. The number of alkyl halides is 2. The van der Waals surface area contributed by atoms with E-state index in [9.17, 15) is 9.90 Å². The Morgan fingerprint density at radius 2 is 2.00 bits per heavy atom. The van der Waals surface area contributed by atoms with E-state index < -0.39 is 49.4 Å². The standard InChI is InChI=1S/C26H35ClFN6O6PS/c1-15(2)38-25(36)16(3)32-41(42,40-18-10-8-7-9-11-18)37-13-26(12-27)21(35)19(28)24(39-26)34-14-29-20-22(33(5)6)30-17(4)31-23(20)34/h7-11,14-16,19,21,24,35H,12-13H2,1-6H3,(H,32,42)/t16-,19+,21-,24+,26+,41-/m0/s1. The van der Waals surface area contributed by atoms with Gasteiger partial charge in [0, 0.05) is 14.1 Å². The zero-order valence-electron chi connectivity index (χ0n) is 24.1. The van der Waals surface area contributed by atoms with Crippen LogP contribution in [0.2, 0.25) is 0 Å². The van der Waals surface area contributed by atoms with Crippen LogP contribution in [-0.4, -0.2) is 87.2 Å². The van der Waals surface area contributed by atoms with E-state index in [-0.39, 0.29) is 12.0 Å². The maximum Gasteiger partial charge on any atom is 0.323 e. The Morgan fingerprint density at radius 1 is 1.31 bits per heavy atom. The molecule has 0 saturated carbocycles. The Labute approximate surface area is 253 Å². The smallest absolute Gasteiger partial charge is 0.323 e. The molecule has 1 fully saturated rings. The molecule has 1 aliphatic rings. The number of carbonyl (C=O) groups excluding carboxylic acids is 1. The van der Waals surface area contributed by atoms with Crippen LogP contribution in [0.15, 0.2) is 36.7 Å². The quantitative estimate of drug-likeness (QED) is 0.169. The second-order valence-corrected chi connectivity index (χ2v) is 13.8. The molecule has 4 rings (SSSR count). The predicted molar refractivity (Wildman–Crippen MR) is 160 cm³/mol. The molecule has 3 heterocycles. The number of aromatic nitrogens is 4. The molecule has 0 unspecified atom stereocenters. The van der Waals surface area contributed by atoms with E-state index in [1.165, 1.54) is 10.9 Å². The van der Waals surface area contributed by atoms with Gasteiger partial charge in [-0.3, -0.25) is 9.36 Å². The molecule has 42 heavy (non-hydrogen) atoms. The summed E-state index contributed by atoms with van der Waals surface area (Å²) in [5, 5.41) is 14.0. The number of esters is 1. The van der Waals surface area contributed by atoms with Gasteiger partial charge < -0.3 is 28.5 Å². The Bertz CT molecular complexity index is 1450. The lowest BCUT2D eigenvalue weighted by Crippen LogP contribution is -2.48. The van der Waals surface area contributed by atoms with E-state index in [0.717, 1.165) is 0 Å². The van der Waals surface area contributed by atoms with Gasteiger partial charge in [-0.05, 0) is 51.6 Å². The topological polar surface area (TPSA) is 133 Å². The maximum atomic E-state index is 15.8. The average molecular weight is 645 g/mol. The van der Waals surface area contributed by atoms with Crippen LogP contribution in [0, 0.1) is 6.92 Å². The van der Waals surface area contributed by atoms with Crippen molar-refractivity contribution in [2.45, 2.75) is 63.9 Å². The summed E-state index contributed by atoms with van der Waals surface area (Å²) in [4.78, 5) is 27.6. The van der Waals surface area contributed by atoms with E-state index in [1.54, 1.807) is 62.9 Å². The van der Waals surface area contributed by atoms with Crippen LogP contribution in [0.3, 0.4) is 0 Å². The third-order valence-electron chi connectivity index (χ3n) is 6.41. The summed E-state index contributed by atoms with van der Waals surface area (Å²) in [6.07, 6.45) is -3.94. The van der Waals surface area contributed by atoms with Crippen LogP contribution >= 0.6 is 18.2 Å². The molecule has 6 atom stereocenters. The first-order valence-corrected chi connectivity index (χ1v) is 16.4. The highest BCUT2D eigenvalue weighted by Crippen LogP contribution is 2.49. The SMILES string of the molecule is Cc1nc(N(C)C)c2ncn([C@@H]3O[C@](CCl)(CO[P@@](=S)(N[C@@H](C)C(=O)OC(C)C)Oc4ccccc4)[C@@H](O)[C@H]3F)c2n1. The number of para-hydroxylation sites is 1. The summed E-state index contributed by atoms with van der Waals surface area (Å²) in [6.45, 7) is 2.74. The van der Waals surface area contributed by atoms with Gasteiger partial charge in [-0.25, -0.2) is 24.4 Å². The zero-order chi connectivity index (χ0) is 30.8. The van der Waals surface area contributed by atoms with Crippen molar-refractivity contribution in [3.8, 4) is 5.75 Å². The van der Waals surface area contributed by atoms with Crippen molar-refractivity contribution in [2.24, 2.45) is 0 Å². The molecule has 12 nitrogen and oxygen atoms in total. The van der Waals surface area contributed by atoms with Gasteiger partial charge in [0.25, 0.3) is 0 Å². The molecule has 0 radical (unpaired) electrons. The summed E-state index contributed by atoms with van der Waals surface area (Å²) in [5.74, 6) is 0.466. The number of carbonyl (C=O) groups is 1. The van der Waals surface area contributed by atoms with Crippen LogP contribution in [0.4, 0.5) is 10.2 Å². The third-order valence-corrected chi connectivity index (χ3v) is 9.34. The van der Waals surface area contributed by atoms with E-state index in [0.29, 0.717) is 28.6 Å². The summed E-state index contributed by atoms with van der Waals surface area (Å²) in [6, 6.07) is 7.73. The number of halogens is 2. The molecule has 1 aliphatic heterocycles.